The van der Waals surface area contributed by atoms with Crippen molar-refractivity contribution in [3.8, 4) is 0 Å². The van der Waals surface area contributed by atoms with E-state index in [1.54, 1.807) is 11.3 Å². The van der Waals surface area contributed by atoms with Crippen molar-refractivity contribution in [1.82, 2.24) is 14.3 Å². The van der Waals surface area contributed by atoms with E-state index in [0.29, 0.717) is 11.7 Å². The molecule has 0 fully saturated rings. The molecule has 0 saturated carbocycles. The van der Waals surface area contributed by atoms with Gasteiger partial charge in [-0.25, -0.2) is 4.98 Å². The predicted molar refractivity (Wildman–Crippen MR) is 80.0 cm³/mol. The van der Waals surface area contributed by atoms with E-state index < -0.39 is 0 Å². The highest BCUT2D eigenvalue weighted by Crippen LogP contribution is 2.22. The van der Waals surface area contributed by atoms with Gasteiger partial charge in [0.1, 0.15) is 0 Å². The third kappa shape index (κ3) is 3.69. The first-order valence-corrected chi connectivity index (χ1v) is 7.95. The van der Waals surface area contributed by atoms with Crippen molar-refractivity contribution >= 4 is 27.9 Å². The molecule has 0 aliphatic heterocycles. The lowest BCUT2D eigenvalue weighted by atomic mass is 10.2. The molecule has 0 saturated heterocycles. The molecule has 0 aromatic carbocycles. The van der Waals surface area contributed by atoms with E-state index in [0.717, 1.165) is 30.2 Å². The molecule has 2 heterocycles. The van der Waals surface area contributed by atoms with Crippen LogP contribution in [0.5, 0.6) is 0 Å². The third-order valence-electron chi connectivity index (χ3n) is 3.18. The number of aliphatic hydroxyl groups is 1. The molecule has 6 heteroatoms. The Kier molecular flexibility index (Phi) is 5.63. The molecule has 0 bridgehead atoms. The number of hydrogen-bond acceptors (Lipinski definition) is 4. The first-order chi connectivity index (χ1) is 9.26. The van der Waals surface area contributed by atoms with Crippen molar-refractivity contribution in [1.29, 1.82) is 0 Å². The predicted octanol–water partition coefficient (Wildman–Crippen LogP) is 3.03. The minimum atomic E-state index is 0.176. The summed E-state index contributed by atoms with van der Waals surface area (Å²) in [5.74, 6) is 0. The molecule has 0 spiro atoms. The van der Waals surface area contributed by atoms with Crippen LogP contribution in [0.25, 0.3) is 4.96 Å². The first-order valence-electron chi connectivity index (χ1n) is 6.69. The van der Waals surface area contributed by atoms with Crippen molar-refractivity contribution in [2.45, 2.75) is 32.7 Å². The Balaban J connectivity index is 2.06. The van der Waals surface area contributed by atoms with Crippen molar-refractivity contribution in [2.75, 3.05) is 19.7 Å². The van der Waals surface area contributed by atoms with Crippen LogP contribution in [0.1, 0.15) is 31.9 Å². The lowest BCUT2D eigenvalue weighted by Gasteiger charge is -2.20. The molecule has 0 aliphatic carbocycles. The number of thiazole rings is 1. The largest absolute Gasteiger partial charge is 0.395 e. The van der Waals surface area contributed by atoms with Gasteiger partial charge in [0.05, 0.1) is 12.3 Å². The molecule has 4 nitrogen and oxygen atoms in total. The second kappa shape index (κ2) is 7.24. The van der Waals surface area contributed by atoms with E-state index in [-0.39, 0.29) is 6.61 Å². The summed E-state index contributed by atoms with van der Waals surface area (Å²) in [5, 5.41) is 11.8. The fraction of sp³-hybridized carbons (Fsp3) is 0.615. The molecule has 0 aliphatic rings. The van der Waals surface area contributed by atoms with Crippen LogP contribution < -0.4 is 0 Å². The van der Waals surface area contributed by atoms with Gasteiger partial charge in [0.25, 0.3) is 0 Å². The average Bonchev–Trinajstić information content (AvgIpc) is 2.93. The van der Waals surface area contributed by atoms with E-state index in [9.17, 15) is 0 Å². The van der Waals surface area contributed by atoms with Crippen LogP contribution >= 0.6 is 22.9 Å². The molecular formula is C13H20ClN3OS. The number of halogens is 1. The smallest absolute Gasteiger partial charge is 0.195 e. The number of unbranched alkanes of at least 4 members (excludes halogenated alkanes) is 2. The van der Waals surface area contributed by atoms with Crippen LogP contribution in [0.2, 0.25) is 5.15 Å². The molecule has 0 unspecified atom stereocenters. The molecule has 0 radical (unpaired) electrons. The minimum Gasteiger partial charge on any atom is -0.395 e. The summed E-state index contributed by atoms with van der Waals surface area (Å²) in [6.07, 6.45) is 5.57. The molecule has 106 valence electrons. The van der Waals surface area contributed by atoms with Gasteiger partial charge >= 0.3 is 0 Å². The molecule has 1 N–H and O–H groups in total. The highest BCUT2D eigenvalue weighted by atomic mass is 35.5. The van der Waals surface area contributed by atoms with E-state index in [2.05, 4.69) is 16.8 Å². The molecule has 2 aromatic heterocycles. The number of rotatable bonds is 8. The summed E-state index contributed by atoms with van der Waals surface area (Å²) in [7, 11) is 0. The zero-order valence-electron chi connectivity index (χ0n) is 11.2. The van der Waals surface area contributed by atoms with Crippen molar-refractivity contribution in [2.24, 2.45) is 0 Å². The van der Waals surface area contributed by atoms with Crippen molar-refractivity contribution < 1.29 is 5.11 Å². The van der Waals surface area contributed by atoms with Crippen LogP contribution in [0.3, 0.4) is 0 Å². The average molecular weight is 302 g/mol. The maximum atomic E-state index is 9.17. The second-order valence-electron chi connectivity index (χ2n) is 4.61. The zero-order valence-corrected chi connectivity index (χ0v) is 12.8. The normalized spacial score (nSPS) is 11.8. The number of nitrogens with zero attached hydrogens (tertiary/aromatic N) is 3. The van der Waals surface area contributed by atoms with Crippen molar-refractivity contribution in [3.63, 3.8) is 0 Å². The summed E-state index contributed by atoms with van der Waals surface area (Å²) >= 11 is 7.78. The summed E-state index contributed by atoms with van der Waals surface area (Å²) in [6.45, 7) is 4.77. The van der Waals surface area contributed by atoms with E-state index >= 15 is 0 Å². The van der Waals surface area contributed by atoms with Gasteiger partial charge in [-0.05, 0) is 13.0 Å². The zero-order chi connectivity index (χ0) is 13.7. The summed E-state index contributed by atoms with van der Waals surface area (Å²) in [4.78, 5) is 7.51. The van der Waals surface area contributed by atoms with Gasteiger partial charge in [0.15, 0.2) is 10.1 Å². The Bertz CT molecular complexity index is 511. The molecule has 19 heavy (non-hydrogen) atoms. The van der Waals surface area contributed by atoms with Crippen LogP contribution in [-0.2, 0) is 6.54 Å². The molecule has 2 rings (SSSR count). The number of aliphatic hydroxyl groups excluding tert-OH is 1. The Labute approximate surface area is 122 Å². The van der Waals surface area contributed by atoms with Gasteiger partial charge in [0, 0.05) is 24.7 Å². The number of aromatic nitrogens is 2. The maximum Gasteiger partial charge on any atom is 0.195 e. The van der Waals surface area contributed by atoms with Gasteiger partial charge in [0.2, 0.25) is 0 Å². The molecule has 0 atom stereocenters. The number of hydrogen-bond donors (Lipinski definition) is 1. The SMILES string of the molecule is CCCCCN(CCO)Cc1c(Cl)nc2sccn12. The number of imidazole rings is 1. The Morgan fingerprint density at radius 2 is 2.26 bits per heavy atom. The van der Waals surface area contributed by atoms with E-state index in [1.807, 2.05) is 16.0 Å². The van der Waals surface area contributed by atoms with E-state index in [1.165, 1.54) is 12.8 Å². The second-order valence-corrected chi connectivity index (χ2v) is 5.84. The summed E-state index contributed by atoms with van der Waals surface area (Å²) in [5.41, 5.74) is 1.02. The van der Waals surface area contributed by atoms with Gasteiger partial charge in [-0.2, -0.15) is 0 Å². The van der Waals surface area contributed by atoms with Gasteiger partial charge < -0.3 is 5.11 Å². The van der Waals surface area contributed by atoms with Gasteiger partial charge in [-0.1, -0.05) is 31.4 Å². The number of fused-ring (bicyclic) bond motifs is 1. The first kappa shape index (κ1) is 14.8. The minimum absolute atomic E-state index is 0.176. The van der Waals surface area contributed by atoms with E-state index in [4.69, 9.17) is 16.7 Å². The highest BCUT2D eigenvalue weighted by Gasteiger charge is 2.14. The summed E-state index contributed by atoms with van der Waals surface area (Å²) < 4.78 is 2.04. The highest BCUT2D eigenvalue weighted by molar-refractivity contribution is 7.15. The Hall–Kier alpha value is -0.620. The lowest BCUT2D eigenvalue weighted by molar-refractivity contribution is 0.186. The molecule has 0 amide bonds. The summed E-state index contributed by atoms with van der Waals surface area (Å²) in [6, 6.07) is 0. The van der Waals surface area contributed by atoms with Crippen LogP contribution in [0.15, 0.2) is 11.6 Å². The third-order valence-corrected chi connectivity index (χ3v) is 4.24. The van der Waals surface area contributed by atoms with Crippen LogP contribution in [0, 0.1) is 0 Å². The Morgan fingerprint density at radius 3 is 3.00 bits per heavy atom. The lowest BCUT2D eigenvalue weighted by Crippen LogP contribution is -2.28. The fourth-order valence-electron chi connectivity index (χ4n) is 2.16. The standard InChI is InChI=1S/C13H20ClN3OS/c1-2-3-4-5-16(6-8-18)10-11-12(14)15-13-17(11)7-9-19-13/h7,9,18H,2-6,8,10H2,1H3. The monoisotopic (exact) mass is 301 g/mol. The van der Waals surface area contributed by atoms with Crippen LogP contribution in [0.4, 0.5) is 0 Å². The molecule has 2 aromatic rings. The maximum absolute atomic E-state index is 9.17. The van der Waals surface area contributed by atoms with Crippen molar-refractivity contribution in [3.05, 3.63) is 22.4 Å². The van der Waals surface area contributed by atoms with Gasteiger partial charge in [-0.15, -0.1) is 11.3 Å². The fourth-order valence-corrected chi connectivity index (χ4v) is 3.17. The van der Waals surface area contributed by atoms with Crippen LogP contribution in [-0.4, -0.2) is 39.1 Å². The Morgan fingerprint density at radius 1 is 1.42 bits per heavy atom. The quantitative estimate of drug-likeness (QED) is 0.762. The molecular weight excluding hydrogens is 282 g/mol. The topological polar surface area (TPSA) is 40.8 Å². The van der Waals surface area contributed by atoms with Gasteiger partial charge in [-0.3, -0.25) is 9.30 Å².